The molecular weight excluding hydrogens is 274 g/mol. The highest BCUT2D eigenvalue weighted by Gasteiger charge is 2.18. The normalized spacial score (nSPS) is 10.9. The number of benzene rings is 1. The van der Waals surface area contributed by atoms with Gasteiger partial charge in [-0.3, -0.25) is 19.3 Å². The van der Waals surface area contributed by atoms with Crippen LogP contribution in [0.15, 0.2) is 24.3 Å². The Morgan fingerprint density at radius 3 is 1.81 bits per heavy atom. The van der Waals surface area contributed by atoms with Gasteiger partial charge in [0.2, 0.25) is 0 Å². The monoisotopic (exact) mass is 293 g/mol. The molecule has 0 saturated heterocycles. The number of nitrogens with zero attached hydrogens (tertiary/aromatic N) is 1. The summed E-state index contributed by atoms with van der Waals surface area (Å²) in [6.45, 7) is 2.88. The van der Waals surface area contributed by atoms with Gasteiger partial charge in [-0.05, 0) is 11.5 Å². The molecule has 0 saturated carbocycles. The molecule has 0 aromatic heterocycles. The minimum Gasteiger partial charge on any atom is -0.480 e. The lowest BCUT2D eigenvalue weighted by Gasteiger charge is -2.17. The summed E-state index contributed by atoms with van der Waals surface area (Å²) in [5, 5.41) is 17.5. The molecule has 114 valence electrons. The Labute approximate surface area is 123 Å². The van der Waals surface area contributed by atoms with E-state index < -0.39 is 25.0 Å². The molecule has 0 amide bonds. The van der Waals surface area contributed by atoms with E-state index in [-0.39, 0.29) is 12.3 Å². The second kappa shape index (κ2) is 7.54. The van der Waals surface area contributed by atoms with Gasteiger partial charge in [-0.15, -0.1) is 0 Å². The van der Waals surface area contributed by atoms with E-state index in [9.17, 15) is 14.4 Å². The first-order valence-corrected chi connectivity index (χ1v) is 6.58. The lowest BCUT2D eigenvalue weighted by molar-refractivity contribution is -0.141. The van der Waals surface area contributed by atoms with Crippen LogP contribution in [-0.2, 0) is 9.59 Å². The van der Waals surface area contributed by atoms with Crippen LogP contribution in [-0.4, -0.2) is 52.5 Å². The molecule has 0 fully saturated rings. The molecular formula is C15H19NO5. The Kier molecular flexibility index (Phi) is 6.05. The second-order valence-electron chi connectivity index (χ2n) is 5.13. The first-order chi connectivity index (χ1) is 9.79. The fourth-order valence-electron chi connectivity index (χ4n) is 1.90. The van der Waals surface area contributed by atoms with Crippen molar-refractivity contribution in [1.29, 1.82) is 0 Å². The van der Waals surface area contributed by atoms with Gasteiger partial charge < -0.3 is 10.2 Å². The highest BCUT2D eigenvalue weighted by Crippen LogP contribution is 2.15. The number of ketones is 1. The van der Waals surface area contributed by atoms with E-state index in [0.717, 1.165) is 10.5 Å². The van der Waals surface area contributed by atoms with E-state index in [0.29, 0.717) is 11.5 Å². The Morgan fingerprint density at radius 2 is 1.43 bits per heavy atom. The maximum atomic E-state index is 12.1. The SMILES string of the molecule is CC(C)c1ccc(C(=O)CN(CC(=O)O)CC(=O)O)cc1. The predicted molar refractivity (Wildman–Crippen MR) is 76.6 cm³/mol. The number of carbonyl (C=O) groups is 3. The van der Waals surface area contributed by atoms with Crippen LogP contribution in [0.1, 0.15) is 35.7 Å². The Hall–Kier alpha value is -2.21. The largest absolute Gasteiger partial charge is 0.480 e. The molecule has 0 bridgehead atoms. The molecule has 21 heavy (non-hydrogen) atoms. The van der Waals surface area contributed by atoms with Gasteiger partial charge >= 0.3 is 11.9 Å². The number of carbonyl (C=O) groups excluding carboxylic acids is 1. The second-order valence-corrected chi connectivity index (χ2v) is 5.13. The van der Waals surface area contributed by atoms with Crippen LogP contribution in [0, 0.1) is 0 Å². The quantitative estimate of drug-likeness (QED) is 0.705. The first-order valence-electron chi connectivity index (χ1n) is 6.58. The predicted octanol–water partition coefficient (Wildman–Crippen LogP) is 1.46. The third kappa shape index (κ3) is 5.74. The van der Waals surface area contributed by atoms with Gasteiger partial charge in [-0.25, -0.2) is 0 Å². The minimum atomic E-state index is -1.17. The van der Waals surface area contributed by atoms with Crippen LogP contribution in [0.25, 0.3) is 0 Å². The van der Waals surface area contributed by atoms with E-state index in [1.807, 2.05) is 26.0 Å². The molecule has 0 heterocycles. The van der Waals surface area contributed by atoms with Gasteiger partial charge in [0.1, 0.15) is 0 Å². The summed E-state index contributed by atoms with van der Waals surface area (Å²) in [5.74, 6) is -2.28. The average molecular weight is 293 g/mol. The van der Waals surface area contributed by atoms with Crippen molar-refractivity contribution in [2.75, 3.05) is 19.6 Å². The third-order valence-electron chi connectivity index (χ3n) is 2.98. The zero-order valence-corrected chi connectivity index (χ0v) is 12.1. The van der Waals surface area contributed by atoms with Crippen molar-refractivity contribution in [3.63, 3.8) is 0 Å². The minimum absolute atomic E-state index is 0.236. The summed E-state index contributed by atoms with van der Waals surface area (Å²) < 4.78 is 0. The van der Waals surface area contributed by atoms with Crippen LogP contribution in [0.3, 0.4) is 0 Å². The average Bonchev–Trinajstić information content (AvgIpc) is 2.37. The molecule has 0 aliphatic carbocycles. The molecule has 0 spiro atoms. The molecule has 6 heteroatoms. The molecule has 0 atom stereocenters. The van der Waals surface area contributed by atoms with Crippen molar-refractivity contribution in [2.24, 2.45) is 0 Å². The van der Waals surface area contributed by atoms with Crippen molar-refractivity contribution in [3.8, 4) is 0 Å². The molecule has 1 aromatic rings. The van der Waals surface area contributed by atoms with Gasteiger partial charge in [0, 0.05) is 5.56 Å². The van der Waals surface area contributed by atoms with Gasteiger partial charge in [0.05, 0.1) is 19.6 Å². The van der Waals surface area contributed by atoms with Gasteiger partial charge in [0.25, 0.3) is 0 Å². The summed E-state index contributed by atoms with van der Waals surface area (Å²) in [6.07, 6.45) is 0. The highest BCUT2D eigenvalue weighted by molar-refractivity contribution is 5.98. The van der Waals surface area contributed by atoms with E-state index in [2.05, 4.69) is 0 Å². The highest BCUT2D eigenvalue weighted by atomic mass is 16.4. The number of carboxylic acid groups (broad SMARTS) is 2. The van der Waals surface area contributed by atoms with E-state index >= 15 is 0 Å². The van der Waals surface area contributed by atoms with Gasteiger partial charge in [-0.1, -0.05) is 38.1 Å². The van der Waals surface area contributed by atoms with Crippen molar-refractivity contribution in [1.82, 2.24) is 4.90 Å². The fourth-order valence-corrected chi connectivity index (χ4v) is 1.90. The third-order valence-corrected chi connectivity index (χ3v) is 2.98. The molecule has 1 rings (SSSR count). The summed E-state index contributed by atoms with van der Waals surface area (Å²) in [4.78, 5) is 34.5. The zero-order valence-electron chi connectivity index (χ0n) is 12.1. The van der Waals surface area contributed by atoms with Crippen LogP contribution >= 0.6 is 0 Å². The molecule has 6 nitrogen and oxygen atoms in total. The van der Waals surface area contributed by atoms with Crippen LogP contribution in [0.5, 0.6) is 0 Å². The number of carboxylic acids is 2. The standard InChI is InChI=1S/C15H19NO5/c1-10(2)11-3-5-12(6-4-11)13(17)7-16(8-14(18)19)9-15(20)21/h3-6,10H,7-9H2,1-2H3,(H,18,19)(H,20,21). The lowest BCUT2D eigenvalue weighted by atomic mass is 10.0. The Bertz CT molecular complexity index is 505. The molecule has 1 aromatic carbocycles. The van der Waals surface area contributed by atoms with Gasteiger partial charge in [0.15, 0.2) is 5.78 Å². The molecule has 0 unspecified atom stereocenters. The first kappa shape index (κ1) is 16.8. The van der Waals surface area contributed by atoms with Crippen molar-refractivity contribution >= 4 is 17.7 Å². The van der Waals surface area contributed by atoms with E-state index in [4.69, 9.17) is 10.2 Å². The Morgan fingerprint density at radius 1 is 0.952 bits per heavy atom. The summed E-state index contributed by atoms with van der Waals surface area (Å²) in [6, 6.07) is 7.04. The number of aliphatic carboxylic acids is 2. The number of Topliss-reactive ketones (excluding diaryl/α,β-unsaturated/α-hetero) is 1. The van der Waals surface area contributed by atoms with Crippen molar-refractivity contribution in [2.45, 2.75) is 19.8 Å². The summed E-state index contributed by atoms with van der Waals surface area (Å²) >= 11 is 0. The molecule has 0 aliphatic rings. The number of rotatable bonds is 8. The smallest absolute Gasteiger partial charge is 0.317 e. The number of hydrogen-bond acceptors (Lipinski definition) is 4. The van der Waals surface area contributed by atoms with Crippen LogP contribution in [0.4, 0.5) is 0 Å². The summed E-state index contributed by atoms with van der Waals surface area (Å²) in [7, 11) is 0. The molecule has 2 N–H and O–H groups in total. The maximum absolute atomic E-state index is 12.1. The van der Waals surface area contributed by atoms with E-state index in [1.165, 1.54) is 0 Å². The molecule has 0 aliphatic heterocycles. The molecule has 0 radical (unpaired) electrons. The van der Waals surface area contributed by atoms with Crippen LogP contribution < -0.4 is 0 Å². The zero-order chi connectivity index (χ0) is 16.0. The van der Waals surface area contributed by atoms with Crippen molar-refractivity contribution in [3.05, 3.63) is 35.4 Å². The number of hydrogen-bond donors (Lipinski definition) is 2. The lowest BCUT2D eigenvalue weighted by Crippen LogP contribution is -2.38. The topological polar surface area (TPSA) is 94.9 Å². The maximum Gasteiger partial charge on any atom is 0.317 e. The fraction of sp³-hybridized carbons (Fsp3) is 0.400. The summed E-state index contributed by atoms with van der Waals surface area (Å²) in [5.41, 5.74) is 1.54. The van der Waals surface area contributed by atoms with Crippen LogP contribution in [0.2, 0.25) is 0 Å². The van der Waals surface area contributed by atoms with Gasteiger partial charge in [-0.2, -0.15) is 0 Å². The van der Waals surface area contributed by atoms with E-state index in [1.54, 1.807) is 12.1 Å². The van der Waals surface area contributed by atoms with Crippen molar-refractivity contribution < 1.29 is 24.6 Å². The Balaban J connectivity index is 2.76.